The molecule has 1 aromatic rings. The zero-order valence-electron chi connectivity index (χ0n) is 7.60. The smallest absolute Gasteiger partial charge is 0.258 e. The molecular formula is C6H2Cl2F2N2O4S. The van der Waals surface area contributed by atoms with Crippen LogP contribution in [-0.4, -0.2) is 18.3 Å². The molecule has 0 spiro atoms. The van der Waals surface area contributed by atoms with Gasteiger partial charge in [-0.05, 0) is 0 Å². The van der Waals surface area contributed by atoms with Gasteiger partial charge < -0.3 is 0 Å². The van der Waals surface area contributed by atoms with E-state index in [0.29, 0.717) is 6.20 Å². The normalized spacial score (nSPS) is 11.8. The third kappa shape index (κ3) is 2.79. The summed E-state index contributed by atoms with van der Waals surface area (Å²) in [6.45, 7) is 0. The Morgan fingerprint density at radius 1 is 1.47 bits per heavy atom. The highest BCUT2D eigenvalue weighted by Gasteiger charge is 2.34. The molecule has 0 aliphatic heterocycles. The van der Waals surface area contributed by atoms with Crippen molar-refractivity contribution < 1.29 is 22.1 Å². The SMILES string of the molecule is O=[N+]([O-])c1c(Cl)ncc(C(F)F)c1S(=O)(=O)Cl. The van der Waals surface area contributed by atoms with E-state index in [4.69, 9.17) is 22.3 Å². The third-order valence-corrected chi connectivity index (χ3v) is 3.31. The summed E-state index contributed by atoms with van der Waals surface area (Å²) in [5, 5.41) is 9.74. The molecule has 0 saturated carbocycles. The largest absolute Gasteiger partial charge is 0.326 e. The minimum atomic E-state index is -4.75. The highest BCUT2D eigenvalue weighted by atomic mass is 35.7. The van der Waals surface area contributed by atoms with E-state index >= 15 is 0 Å². The van der Waals surface area contributed by atoms with Gasteiger partial charge in [-0.1, -0.05) is 11.6 Å². The first-order valence-electron chi connectivity index (χ1n) is 3.72. The molecule has 0 amide bonds. The van der Waals surface area contributed by atoms with E-state index in [1.165, 1.54) is 0 Å². The summed E-state index contributed by atoms with van der Waals surface area (Å²) in [6, 6.07) is 0. The number of hydrogen-bond donors (Lipinski definition) is 0. The molecule has 0 atom stereocenters. The second kappa shape index (κ2) is 4.67. The molecule has 0 aliphatic rings. The molecule has 0 aromatic carbocycles. The summed E-state index contributed by atoms with van der Waals surface area (Å²) in [4.78, 5) is 11.1. The predicted octanol–water partition coefficient (Wildman–Crippen LogP) is 2.51. The fourth-order valence-electron chi connectivity index (χ4n) is 1.05. The summed E-state index contributed by atoms with van der Waals surface area (Å²) < 4.78 is 47.2. The Kier molecular flexibility index (Phi) is 3.84. The predicted molar refractivity (Wildman–Crippen MR) is 53.9 cm³/mol. The molecule has 11 heteroatoms. The zero-order valence-corrected chi connectivity index (χ0v) is 9.93. The van der Waals surface area contributed by atoms with Gasteiger partial charge in [-0.25, -0.2) is 22.2 Å². The molecule has 94 valence electrons. The van der Waals surface area contributed by atoms with Crippen molar-refractivity contribution >= 4 is 37.0 Å². The molecule has 0 unspecified atom stereocenters. The molecule has 0 fully saturated rings. The van der Waals surface area contributed by atoms with Crippen molar-refractivity contribution in [2.45, 2.75) is 11.3 Å². The second-order valence-corrected chi connectivity index (χ2v) is 5.54. The lowest BCUT2D eigenvalue weighted by molar-refractivity contribution is -0.388. The van der Waals surface area contributed by atoms with Crippen molar-refractivity contribution in [2.75, 3.05) is 0 Å². The fraction of sp³-hybridized carbons (Fsp3) is 0.167. The van der Waals surface area contributed by atoms with Crippen LogP contribution in [-0.2, 0) is 9.05 Å². The van der Waals surface area contributed by atoms with Crippen LogP contribution in [0.1, 0.15) is 12.0 Å². The summed E-state index contributed by atoms with van der Waals surface area (Å²) in [5.41, 5.74) is -2.43. The summed E-state index contributed by atoms with van der Waals surface area (Å²) in [7, 11) is 0.126. The zero-order chi connectivity index (χ0) is 13.4. The Labute approximate surface area is 103 Å². The highest BCUT2D eigenvalue weighted by Crippen LogP contribution is 2.38. The Hall–Kier alpha value is -1.06. The number of pyridine rings is 1. The molecule has 0 aliphatic carbocycles. The number of nitrogens with zero attached hydrogens (tertiary/aromatic N) is 2. The van der Waals surface area contributed by atoms with Crippen molar-refractivity contribution in [1.82, 2.24) is 4.98 Å². The Balaban J connectivity index is 3.82. The van der Waals surface area contributed by atoms with Gasteiger partial charge in [0.05, 0.1) is 10.5 Å². The molecule has 17 heavy (non-hydrogen) atoms. The maximum atomic E-state index is 12.5. The molecule has 1 heterocycles. The van der Waals surface area contributed by atoms with E-state index in [-0.39, 0.29) is 0 Å². The number of alkyl halides is 2. The van der Waals surface area contributed by atoms with Crippen LogP contribution in [0.25, 0.3) is 0 Å². The average Bonchev–Trinajstić information content (AvgIpc) is 2.14. The maximum Gasteiger partial charge on any atom is 0.326 e. The number of hydrogen-bond acceptors (Lipinski definition) is 5. The summed E-state index contributed by atoms with van der Waals surface area (Å²) in [5.74, 6) is 0. The molecule has 6 nitrogen and oxygen atoms in total. The van der Waals surface area contributed by atoms with Crippen LogP contribution in [0, 0.1) is 10.1 Å². The Morgan fingerprint density at radius 3 is 2.35 bits per heavy atom. The van der Waals surface area contributed by atoms with Crippen LogP contribution < -0.4 is 0 Å². The van der Waals surface area contributed by atoms with Gasteiger partial charge in [-0.3, -0.25) is 10.1 Å². The molecular weight excluding hydrogens is 305 g/mol. The van der Waals surface area contributed by atoms with E-state index in [1.54, 1.807) is 0 Å². The quantitative estimate of drug-likeness (QED) is 0.370. The molecule has 1 rings (SSSR count). The lowest BCUT2D eigenvalue weighted by Crippen LogP contribution is -2.06. The van der Waals surface area contributed by atoms with Crippen LogP contribution in [0.4, 0.5) is 14.5 Å². The molecule has 1 aromatic heterocycles. The molecule has 0 bridgehead atoms. The van der Waals surface area contributed by atoms with Crippen LogP contribution in [0.15, 0.2) is 11.1 Å². The molecule has 0 N–H and O–H groups in total. The van der Waals surface area contributed by atoms with Gasteiger partial charge in [-0.2, -0.15) is 0 Å². The minimum absolute atomic E-state index is 0.426. The van der Waals surface area contributed by atoms with E-state index < -0.39 is 41.7 Å². The van der Waals surface area contributed by atoms with Crippen molar-refractivity contribution in [1.29, 1.82) is 0 Å². The standard InChI is InChI=1S/C6H2Cl2F2N2O4S/c7-5-3(12(13)14)4(17(8,15)16)2(1-11-5)6(9)10/h1,6H. The van der Waals surface area contributed by atoms with Gasteiger partial charge in [0.25, 0.3) is 15.5 Å². The van der Waals surface area contributed by atoms with Crippen molar-refractivity contribution in [3.8, 4) is 0 Å². The number of halogens is 4. The monoisotopic (exact) mass is 306 g/mol. The van der Waals surface area contributed by atoms with Gasteiger partial charge in [0.15, 0.2) is 4.90 Å². The molecule has 0 saturated heterocycles. The third-order valence-electron chi connectivity index (χ3n) is 1.65. The van der Waals surface area contributed by atoms with E-state index in [0.717, 1.165) is 0 Å². The first kappa shape index (κ1) is 14.0. The van der Waals surface area contributed by atoms with Crippen molar-refractivity contribution in [3.63, 3.8) is 0 Å². The van der Waals surface area contributed by atoms with Gasteiger partial charge in [-0.15, -0.1) is 0 Å². The number of nitro groups is 1. The first-order chi connectivity index (χ1) is 7.66. The topological polar surface area (TPSA) is 90.2 Å². The minimum Gasteiger partial charge on any atom is -0.258 e. The van der Waals surface area contributed by atoms with Crippen LogP contribution in [0.5, 0.6) is 0 Å². The van der Waals surface area contributed by atoms with Gasteiger partial charge in [0, 0.05) is 16.9 Å². The number of aromatic nitrogens is 1. The van der Waals surface area contributed by atoms with Crippen molar-refractivity contribution in [2.24, 2.45) is 0 Å². The van der Waals surface area contributed by atoms with Crippen molar-refractivity contribution in [3.05, 3.63) is 27.0 Å². The lowest BCUT2D eigenvalue weighted by Gasteiger charge is -2.06. The van der Waals surface area contributed by atoms with Gasteiger partial charge in [0.1, 0.15) is 0 Å². The Bertz CT molecular complexity index is 578. The highest BCUT2D eigenvalue weighted by molar-refractivity contribution is 8.13. The summed E-state index contributed by atoms with van der Waals surface area (Å²) in [6.07, 6.45) is -2.86. The van der Waals surface area contributed by atoms with Gasteiger partial charge in [0.2, 0.25) is 5.15 Å². The van der Waals surface area contributed by atoms with Gasteiger partial charge >= 0.3 is 5.69 Å². The maximum absolute atomic E-state index is 12.5. The fourth-order valence-corrected chi connectivity index (χ4v) is 2.63. The Morgan fingerprint density at radius 2 is 2.00 bits per heavy atom. The first-order valence-corrected chi connectivity index (χ1v) is 6.40. The summed E-state index contributed by atoms with van der Waals surface area (Å²) >= 11 is 5.29. The van der Waals surface area contributed by atoms with Crippen LogP contribution >= 0.6 is 22.3 Å². The van der Waals surface area contributed by atoms with E-state index in [9.17, 15) is 27.3 Å². The number of rotatable bonds is 3. The van der Waals surface area contributed by atoms with Crippen LogP contribution in [0.3, 0.4) is 0 Å². The van der Waals surface area contributed by atoms with E-state index in [2.05, 4.69) is 4.98 Å². The van der Waals surface area contributed by atoms with E-state index in [1.807, 2.05) is 0 Å². The average molecular weight is 307 g/mol. The second-order valence-electron chi connectivity index (χ2n) is 2.68. The lowest BCUT2D eigenvalue weighted by atomic mass is 10.3. The van der Waals surface area contributed by atoms with Crippen LogP contribution in [0.2, 0.25) is 5.15 Å². The molecule has 0 radical (unpaired) electrons.